The van der Waals surface area contributed by atoms with E-state index in [0.29, 0.717) is 12.2 Å². The Morgan fingerprint density at radius 3 is 2.95 bits per heavy atom. The molecular formula is C15H16N2O3. The zero-order valence-corrected chi connectivity index (χ0v) is 11.1. The third-order valence-electron chi connectivity index (χ3n) is 3.21. The number of furan rings is 2. The Kier molecular flexibility index (Phi) is 3.43. The summed E-state index contributed by atoms with van der Waals surface area (Å²) in [4.78, 5) is 4.31. The molecule has 5 nitrogen and oxygen atoms in total. The topological polar surface area (TPSA) is 71.4 Å². The van der Waals surface area contributed by atoms with Gasteiger partial charge in [0.1, 0.15) is 23.3 Å². The van der Waals surface area contributed by atoms with Gasteiger partial charge in [0.15, 0.2) is 0 Å². The van der Waals surface area contributed by atoms with Gasteiger partial charge in [-0.3, -0.25) is 0 Å². The van der Waals surface area contributed by atoms with Crippen molar-refractivity contribution in [2.45, 2.75) is 25.5 Å². The summed E-state index contributed by atoms with van der Waals surface area (Å²) in [6.45, 7) is 1.99. The lowest BCUT2D eigenvalue weighted by Gasteiger charge is -2.17. The Morgan fingerprint density at radius 1 is 1.25 bits per heavy atom. The van der Waals surface area contributed by atoms with Crippen molar-refractivity contribution in [2.24, 2.45) is 0 Å². The van der Waals surface area contributed by atoms with Gasteiger partial charge in [0, 0.05) is 18.7 Å². The van der Waals surface area contributed by atoms with Gasteiger partial charge in [0.2, 0.25) is 0 Å². The molecule has 2 atom stereocenters. The van der Waals surface area contributed by atoms with Gasteiger partial charge >= 0.3 is 0 Å². The molecule has 5 heteroatoms. The first-order chi connectivity index (χ1) is 9.74. The van der Waals surface area contributed by atoms with E-state index in [9.17, 15) is 5.11 Å². The van der Waals surface area contributed by atoms with E-state index < -0.39 is 6.10 Å². The van der Waals surface area contributed by atoms with Gasteiger partial charge in [-0.2, -0.15) is 0 Å². The summed E-state index contributed by atoms with van der Waals surface area (Å²) in [5, 5.41) is 14.3. The first kappa shape index (κ1) is 12.7. The number of rotatable bonds is 5. The van der Waals surface area contributed by atoms with Crippen LogP contribution in [0.5, 0.6) is 0 Å². The third-order valence-corrected chi connectivity index (χ3v) is 3.21. The molecule has 104 valence electrons. The van der Waals surface area contributed by atoms with Crippen LogP contribution in [-0.4, -0.2) is 16.1 Å². The predicted octanol–water partition coefficient (Wildman–Crippen LogP) is 3.34. The maximum absolute atomic E-state index is 10.1. The number of aliphatic hydroxyl groups excluding tert-OH is 1. The van der Waals surface area contributed by atoms with E-state index in [1.54, 1.807) is 30.9 Å². The van der Waals surface area contributed by atoms with Gasteiger partial charge in [0.05, 0.1) is 17.9 Å². The van der Waals surface area contributed by atoms with Crippen molar-refractivity contribution < 1.29 is 13.9 Å². The first-order valence-corrected chi connectivity index (χ1v) is 6.54. The van der Waals surface area contributed by atoms with Crippen LogP contribution in [0.1, 0.15) is 25.2 Å². The number of hydrogen-bond donors (Lipinski definition) is 2. The average molecular weight is 272 g/mol. The Morgan fingerprint density at radius 2 is 2.15 bits per heavy atom. The van der Waals surface area contributed by atoms with Gasteiger partial charge in [-0.05, 0) is 31.2 Å². The summed E-state index contributed by atoms with van der Waals surface area (Å²) in [5.74, 6) is 1.34. The number of pyridine rings is 1. The standard InChI is InChI=1S/C15H16N2O3/c1-10(9-12(18)14-3-2-7-19-14)17-15-11-5-8-20-13(11)4-6-16-15/h2-8,10,12,18H,9H2,1H3,(H,16,17)/t10-,12-/m1/s1. The molecule has 0 aliphatic rings. The van der Waals surface area contributed by atoms with E-state index in [-0.39, 0.29) is 6.04 Å². The van der Waals surface area contributed by atoms with Crippen molar-refractivity contribution in [1.82, 2.24) is 4.98 Å². The normalized spacial score (nSPS) is 14.3. The largest absolute Gasteiger partial charge is 0.467 e. The number of fused-ring (bicyclic) bond motifs is 1. The van der Waals surface area contributed by atoms with Crippen LogP contribution >= 0.6 is 0 Å². The molecular weight excluding hydrogens is 256 g/mol. The lowest BCUT2D eigenvalue weighted by Crippen LogP contribution is -2.19. The SMILES string of the molecule is C[C@H](C[C@@H](O)c1ccco1)Nc1nccc2occc12. The molecule has 0 unspecified atom stereocenters. The molecule has 3 rings (SSSR count). The van der Waals surface area contributed by atoms with Gasteiger partial charge in [-0.15, -0.1) is 0 Å². The van der Waals surface area contributed by atoms with Crippen molar-refractivity contribution in [2.75, 3.05) is 5.32 Å². The first-order valence-electron chi connectivity index (χ1n) is 6.54. The summed E-state index contributed by atoms with van der Waals surface area (Å²) in [7, 11) is 0. The van der Waals surface area contributed by atoms with Crippen LogP contribution in [0.25, 0.3) is 11.0 Å². The molecule has 0 aliphatic heterocycles. The molecule has 0 amide bonds. The molecule has 0 fully saturated rings. The zero-order valence-electron chi connectivity index (χ0n) is 11.1. The Balaban J connectivity index is 1.70. The predicted molar refractivity (Wildman–Crippen MR) is 75.4 cm³/mol. The third kappa shape index (κ3) is 2.53. The maximum atomic E-state index is 10.1. The van der Waals surface area contributed by atoms with Gasteiger partial charge < -0.3 is 19.3 Å². The highest BCUT2D eigenvalue weighted by Crippen LogP contribution is 2.24. The molecule has 3 aromatic heterocycles. The van der Waals surface area contributed by atoms with Crippen molar-refractivity contribution in [3.8, 4) is 0 Å². The lowest BCUT2D eigenvalue weighted by molar-refractivity contribution is 0.136. The molecule has 0 bridgehead atoms. The average Bonchev–Trinajstić information content (AvgIpc) is 3.10. The highest BCUT2D eigenvalue weighted by Gasteiger charge is 2.16. The summed E-state index contributed by atoms with van der Waals surface area (Å²) in [5.41, 5.74) is 0.793. The van der Waals surface area contributed by atoms with E-state index in [0.717, 1.165) is 16.8 Å². The molecule has 0 aromatic carbocycles. The highest BCUT2D eigenvalue weighted by molar-refractivity contribution is 5.87. The molecule has 0 radical (unpaired) electrons. The number of nitrogens with zero attached hydrogens (tertiary/aromatic N) is 1. The minimum absolute atomic E-state index is 0.0445. The van der Waals surface area contributed by atoms with Crippen LogP contribution in [0, 0.1) is 0 Å². The maximum Gasteiger partial charge on any atom is 0.139 e. The number of nitrogens with one attached hydrogen (secondary N) is 1. The van der Waals surface area contributed by atoms with Crippen LogP contribution in [-0.2, 0) is 0 Å². The fourth-order valence-corrected chi connectivity index (χ4v) is 2.23. The quantitative estimate of drug-likeness (QED) is 0.745. The number of anilines is 1. The number of aliphatic hydroxyl groups is 1. The molecule has 0 saturated carbocycles. The fourth-order valence-electron chi connectivity index (χ4n) is 2.23. The van der Waals surface area contributed by atoms with E-state index in [4.69, 9.17) is 8.83 Å². The van der Waals surface area contributed by atoms with Crippen LogP contribution in [0.4, 0.5) is 5.82 Å². The van der Waals surface area contributed by atoms with Crippen LogP contribution in [0.2, 0.25) is 0 Å². The van der Waals surface area contributed by atoms with E-state index in [1.807, 2.05) is 19.1 Å². The second-order valence-corrected chi connectivity index (χ2v) is 4.80. The molecule has 0 aliphatic carbocycles. The van der Waals surface area contributed by atoms with Crippen molar-refractivity contribution in [1.29, 1.82) is 0 Å². The molecule has 0 spiro atoms. The molecule has 20 heavy (non-hydrogen) atoms. The molecule has 3 aromatic rings. The summed E-state index contributed by atoms with van der Waals surface area (Å²) in [6.07, 6.45) is 4.80. The Labute approximate surface area is 116 Å². The van der Waals surface area contributed by atoms with Crippen molar-refractivity contribution in [3.63, 3.8) is 0 Å². The molecule has 3 heterocycles. The van der Waals surface area contributed by atoms with Crippen molar-refractivity contribution >= 4 is 16.8 Å². The number of aromatic nitrogens is 1. The minimum Gasteiger partial charge on any atom is -0.467 e. The summed E-state index contributed by atoms with van der Waals surface area (Å²) >= 11 is 0. The summed E-state index contributed by atoms with van der Waals surface area (Å²) < 4.78 is 10.5. The van der Waals surface area contributed by atoms with Crippen LogP contribution in [0.15, 0.2) is 51.8 Å². The molecule has 0 saturated heterocycles. The zero-order chi connectivity index (χ0) is 13.9. The van der Waals surface area contributed by atoms with Crippen LogP contribution < -0.4 is 5.32 Å². The number of hydrogen-bond acceptors (Lipinski definition) is 5. The Hall–Kier alpha value is -2.27. The molecule has 2 N–H and O–H groups in total. The van der Waals surface area contributed by atoms with E-state index in [2.05, 4.69) is 10.3 Å². The van der Waals surface area contributed by atoms with Gasteiger partial charge in [0.25, 0.3) is 0 Å². The summed E-state index contributed by atoms with van der Waals surface area (Å²) in [6, 6.07) is 7.28. The Bertz CT molecular complexity index is 675. The van der Waals surface area contributed by atoms with E-state index >= 15 is 0 Å². The lowest BCUT2D eigenvalue weighted by atomic mass is 10.1. The second kappa shape index (κ2) is 5.38. The van der Waals surface area contributed by atoms with E-state index in [1.165, 1.54) is 0 Å². The fraction of sp³-hybridized carbons (Fsp3) is 0.267. The van der Waals surface area contributed by atoms with Gasteiger partial charge in [-0.25, -0.2) is 4.98 Å². The van der Waals surface area contributed by atoms with Crippen molar-refractivity contribution in [3.05, 3.63) is 48.7 Å². The van der Waals surface area contributed by atoms with Crippen LogP contribution in [0.3, 0.4) is 0 Å². The second-order valence-electron chi connectivity index (χ2n) is 4.80. The van der Waals surface area contributed by atoms with Gasteiger partial charge in [-0.1, -0.05) is 0 Å². The minimum atomic E-state index is -0.629. The smallest absolute Gasteiger partial charge is 0.139 e. The monoisotopic (exact) mass is 272 g/mol. The highest BCUT2D eigenvalue weighted by atomic mass is 16.4.